The molecule has 5 heteroatoms. The third-order valence-corrected chi connectivity index (χ3v) is 5.95. The highest BCUT2D eigenvalue weighted by Gasteiger charge is 2.30. The number of benzene rings is 2. The van der Waals surface area contributed by atoms with Crippen molar-refractivity contribution in [3.8, 4) is 0 Å². The summed E-state index contributed by atoms with van der Waals surface area (Å²) >= 11 is 3.54. The number of hydrogen-bond donors (Lipinski definition) is 1. The highest BCUT2D eigenvalue weighted by atomic mass is 79.9. The Kier molecular flexibility index (Phi) is 4.90. The average molecular weight is 414 g/mol. The number of rotatable bonds is 3. The lowest BCUT2D eigenvalue weighted by atomic mass is 10.0. The zero-order valence-electron chi connectivity index (χ0n) is 15.0. The number of amides is 2. The summed E-state index contributed by atoms with van der Waals surface area (Å²) in [4.78, 5) is 17.0. The fraction of sp³-hybridized carbons (Fsp3) is 0.381. The first kappa shape index (κ1) is 17.4. The average Bonchev–Trinajstić information content (AvgIpc) is 3.25. The summed E-state index contributed by atoms with van der Waals surface area (Å²) in [5.74, 6) is 0.892. The van der Waals surface area contributed by atoms with Gasteiger partial charge in [0.25, 0.3) is 0 Å². The highest BCUT2D eigenvalue weighted by molar-refractivity contribution is 9.10. The van der Waals surface area contributed by atoms with Crippen LogP contribution in [-0.2, 0) is 0 Å². The molecule has 0 aromatic heterocycles. The van der Waals surface area contributed by atoms with Crippen LogP contribution in [0.2, 0.25) is 0 Å². The van der Waals surface area contributed by atoms with Gasteiger partial charge < -0.3 is 10.2 Å². The summed E-state index contributed by atoms with van der Waals surface area (Å²) in [6.45, 7) is 5.71. The number of urea groups is 1. The molecule has 0 spiro atoms. The van der Waals surface area contributed by atoms with Crippen molar-refractivity contribution in [2.24, 2.45) is 5.92 Å². The lowest BCUT2D eigenvalue weighted by molar-refractivity contribution is 0.245. The fourth-order valence-corrected chi connectivity index (χ4v) is 4.43. The van der Waals surface area contributed by atoms with E-state index in [0.717, 1.165) is 42.8 Å². The monoisotopic (exact) mass is 413 g/mol. The van der Waals surface area contributed by atoms with Crippen LogP contribution in [0.1, 0.15) is 24.8 Å². The van der Waals surface area contributed by atoms with E-state index in [4.69, 9.17) is 0 Å². The molecule has 0 unspecified atom stereocenters. The fourth-order valence-electron chi connectivity index (χ4n) is 4.05. The molecule has 2 aliphatic heterocycles. The molecule has 2 amide bonds. The van der Waals surface area contributed by atoms with Crippen molar-refractivity contribution in [2.75, 3.05) is 36.0 Å². The Morgan fingerprint density at radius 3 is 2.88 bits per heavy atom. The molecule has 26 heavy (non-hydrogen) atoms. The maximum absolute atomic E-state index is 12.7. The van der Waals surface area contributed by atoms with E-state index in [1.54, 1.807) is 0 Å². The second kappa shape index (κ2) is 7.31. The van der Waals surface area contributed by atoms with Gasteiger partial charge in [-0.1, -0.05) is 47.1 Å². The van der Waals surface area contributed by atoms with Crippen molar-refractivity contribution in [3.63, 3.8) is 0 Å². The maximum atomic E-state index is 12.7. The van der Waals surface area contributed by atoms with Crippen LogP contribution in [-0.4, -0.2) is 32.2 Å². The van der Waals surface area contributed by atoms with E-state index in [1.165, 1.54) is 11.3 Å². The van der Waals surface area contributed by atoms with Gasteiger partial charge in [-0.3, -0.25) is 4.90 Å². The molecule has 1 N–H and O–H groups in total. The van der Waals surface area contributed by atoms with Crippen molar-refractivity contribution in [1.29, 1.82) is 0 Å². The molecule has 2 aliphatic rings. The first-order chi connectivity index (χ1) is 12.6. The lowest BCUT2D eigenvalue weighted by Gasteiger charge is -2.21. The van der Waals surface area contributed by atoms with Crippen LogP contribution in [0.3, 0.4) is 0 Å². The highest BCUT2D eigenvalue weighted by Crippen LogP contribution is 2.35. The van der Waals surface area contributed by atoms with Crippen LogP contribution >= 0.6 is 15.9 Å². The van der Waals surface area contributed by atoms with E-state index in [-0.39, 0.29) is 6.03 Å². The first-order valence-corrected chi connectivity index (χ1v) is 10.1. The van der Waals surface area contributed by atoms with Gasteiger partial charge >= 0.3 is 6.03 Å². The lowest BCUT2D eigenvalue weighted by Crippen LogP contribution is -2.41. The van der Waals surface area contributed by atoms with Crippen molar-refractivity contribution in [2.45, 2.75) is 19.3 Å². The molecular formula is C21H24BrN3O. The van der Waals surface area contributed by atoms with Gasteiger partial charge in [0.2, 0.25) is 0 Å². The Morgan fingerprint density at radius 1 is 1.19 bits per heavy atom. The topological polar surface area (TPSA) is 35.6 Å². The van der Waals surface area contributed by atoms with Crippen LogP contribution in [0.4, 0.5) is 16.2 Å². The molecule has 1 saturated heterocycles. The van der Waals surface area contributed by atoms with E-state index in [2.05, 4.69) is 57.3 Å². The van der Waals surface area contributed by atoms with E-state index in [1.807, 2.05) is 29.2 Å². The molecule has 2 heterocycles. The minimum atomic E-state index is 0.0303. The van der Waals surface area contributed by atoms with E-state index in [9.17, 15) is 4.79 Å². The second-order valence-corrected chi connectivity index (χ2v) is 8.25. The third-order valence-electron chi connectivity index (χ3n) is 5.46. The van der Waals surface area contributed by atoms with E-state index >= 15 is 0 Å². The number of halogens is 1. The molecule has 2 aromatic carbocycles. The number of hydrogen-bond acceptors (Lipinski definition) is 2. The van der Waals surface area contributed by atoms with Crippen LogP contribution in [0.5, 0.6) is 0 Å². The summed E-state index contributed by atoms with van der Waals surface area (Å²) in [6, 6.07) is 16.7. The number of carbonyl (C=O) groups is 1. The number of para-hydroxylation sites is 1. The third kappa shape index (κ3) is 3.45. The van der Waals surface area contributed by atoms with Crippen LogP contribution < -0.4 is 15.1 Å². The zero-order valence-corrected chi connectivity index (χ0v) is 16.6. The number of anilines is 2. The van der Waals surface area contributed by atoms with Crippen LogP contribution in [0.15, 0.2) is 53.0 Å². The molecule has 0 bridgehead atoms. The quantitative estimate of drug-likeness (QED) is 0.797. The molecule has 2 aromatic rings. The van der Waals surface area contributed by atoms with Gasteiger partial charge in [0, 0.05) is 47.9 Å². The summed E-state index contributed by atoms with van der Waals surface area (Å²) in [7, 11) is 0. The number of carbonyl (C=O) groups excluding carboxylic acids is 1. The molecular weight excluding hydrogens is 390 g/mol. The van der Waals surface area contributed by atoms with Gasteiger partial charge in [0.15, 0.2) is 0 Å². The smallest absolute Gasteiger partial charge is 0.321 e. The van der Waals surface area contributed by atoms with Gasteiger partial charge in [0.05, 0.1) is 0 Å². The van der Waals surface area contributed by atoms with Crippen molar-refractivity contribution in [3.05, 3.63) is 58.6 Å². The normalized spacial score (nSPS) is 21.8. The van der Waals surface area contributed by atoms with Crippen LogP contribution in [0, 0.1) is 5.92 Å². The second-order valence-electron chi connectivity index (χ2n) is 7.34. The van der Waals surface area contributed by atoms with Gasteiger partial charge in [0.1, 0.15) is 0 Å². The Morgan fingerprint density at radius 2 is 2.04 bits per heavy atom. The van der Waals surface area contributed by atoms with E-state index < -0.39 is 0 Å². The van der Waals surface area contributed by atoms with Crippen molar-refractivity contribution >= 4 is 33.3 Å². The van der Waals surface area contributed by atoms with Gasteiger partial charge in [-0.15, -0.1) is 0 Å². The Hall–Kier alpha value is -2.01. The minimum absolute atomic E-state index is 0.0303. The summed E-state index contributed by atoms with van der Waals surface area (Å²) < 4.78 is 1.11. The Bertz CT molecular complexity index is 809. The van der Waals surface area contributed by atoms with Gasteiger partial charge in [-0.05, 0) is 42.2 Å². The number of nitrogens with zero attached hydrogens (tertiary/aromatic N) is 2. The molecule has 2 atom stereocenters. The van der Waals surface area contributed by atoms with Crippen LogP contribution in [0.25, 0.3) is 0 Å². The van der Waals surface area contributed by atoms with Gasteiger partial charge in [-0.25, -0.2) is 4.79 Å². The van der Waals surface area contributed by atoms with E-state index in [0.29, 0.717) is 11.8 Å². The SMILES string of the molecule is C[C@@H]1CN(C(=O)NC[C@H]2CCN(c3cccc(Br)c3)C2)c2ccccc21. The number of nitrogens with one attached hydrogen (secondary N) is 1. The molecule has 0 radical (unpaired) electrons. The molecule has 0 aliphatic carbocycles. The standard InChI is InChI=1S/C21H24BrN3O/c1-15-13-25(20-8-3-2-7-19(15)20)21(26)23-12-16-9-10-24(14-16)18-6-4-5-17(22)11-18/h2-8,11,15-16H,9-10,12-14H2,1H3,(H,23,26)/t15-,16-/m1/s1. The summed E-state index contributed by atoms with van der Waals surface area (Å²) in [5.41, 5.74) is 3.57. The molecule has 1 fully saturated rings. The predicted octanol–water partition coefficient (Wildman–Crippen LogP) is 4.61. The van der Waals surface area contributed by atoms with Crippen molar-refractivity contribution < 1.29 is 4.79 Å². The largest absolute Gasteiger partial charge is 0.371 e. The molecule has 0 saturated carbocycles. The molecule has 4 rings (SSSR count). The zero-order chi connectivity index (χ0) is 18.1. The van der Waals surface area contributed by atoms with Crippen molar-refractivity contribution in [1.82, 2.24) is 5.32 Å². The summed E-state index contributed by atoms with van der Waals surface area (Å²) in [5, 5.41) is 3.16. The Labute approximate surface area is 163 Å². The van der Waals surface area contributed by atoms with Gasteiger partial charge in [-0.2, -0.15) is 0 Å². The first-order valence-electron chi connectivity index (χ1n) is 9.26. The predicted molar refractivity (Wildman–Crippen MR) is 110 cm³/mol. The maximum Gasteiger partial charge on any atom is 0.321 e. The summed E-state index contributed by atoms with van der Waals surface area (Å²) in [6.07, 6.45) is 1.11. The molecule has 4 nitrogen and oxygen atoms in total. The Balaban J connectivity index is 1.33. The number of fused-ring (bicyclic) bond motifs is 1. The molecule has 136 valence electrons. The minimum Gasteiger partial charge on any atom is -0.371 e.